The Morgan fingerprint density at radius 2 is 2.04 bits per heavy atom. The number of rotatable bonds is 2. The minimum absolute atomic E-state index is 0.0308. The van der Waals surface area contributed by atoms with E-state index in [9.17, 15) is 14.4 Å². The Morgan fingerprint density at radius 3 is 2.68 bits per heavy atom. The lowest BCUT2D eigenvalue weighted by atomic mass is 9.68. The van der Waals surface area contributed by atoms with Crippen LogP contribution in [0.2, 0.25) is 0 Å². The molecule has 5 nitrogen and oxygen atoms in total. The first-order valence-electron chi connectivity index (χ1n) is 8.62. The first-order chi connectivity index (χ1) is 11.6. The summed E-state index contributed by atoms with van der Waals surface area (Å²) in [5.41, 5.74) is -0.562. The molecule has 5 atom stereocenters. The van der Waals surface area contributed by atoms with Crippen molar-refractivity contribution in [1.29, 1.82) is 0 Å². The molecule has 0 spiro atoms. The third kappa shape index (κ3) is 2.40. The smallest absolute Gasteiger partial charge is 0.351 e. The molecule has 0 aromatic heterocycles. The molecule has 0 bridgehead atoms. The monoisotopic (exact) mass is 344 g/mol. The van der Waals surface area contributed by atoms with Gasteiger partial charge in [0.25, 0.3) is 0 Å². The summed E-state index contributed by atoms with van der Waals surface area (Å²) >= 11 is 0. The van der Waals surface area contributed by atoms with Crippen LogP contribution < -0.4 is 0 Å². The van der Waals surface area contributed by atoms with Gasteiger partial charge in [-0.05, 0) is 40.2 Å². The molecule has 5 heteroatoms. The van der Waals surface area contributed by atoms with Crippen molar-refractivity contribution in [3.05, 3.63) is 35.5 Å². The van der Waals surface area contributed by atoms with Gasteiger partial charge >= 0.3 is 11.9 Å². The molecule has 1 fully saturated rings. The Hall–Kier alpha value is -2.17. The normalized spacial score (nSPS) is 40.1. The van der Waals surface area contributed by atoms with Crippen LogP contribution in [0.4, 0.5) is 0 Å². The van der Waals surface area contributed by atoms with Crippen molar-refractivity contribution in [3.63, 3.8) is 0 Å². The Bertz CT molecular complexity index is 743. The molecule has 3 rings (SSSR count). The molecule has 1 heterocycles. The highest BCUT2D eigenvalue weighted by Gasteiger charge is 2.64. The highest BCUT2D eigenvalue weighted by molar-refractivity contribution is 5.98. The molecule has 25 heavy (non-hydrogen) atoms. The Labute approximate surface area is 147 Å². The van der Waals surface area contributed by atoms with Gasteiger partial charge in [-0.25, -0.2) is 9.59 Å². The number of hydrogen-bond donors (Lipinski definition) is 0. The highest BCUT2D eigenvalue weighted by Crippen LogP contribution is 2.54. The maximum Gasteiger partial charge on any atom is 0.351 e. The van der Waals surface area contributed by atoms with Crippen LogP contribution in [0.15, 0.2) is 35.5 Å². The van der Waals surface area contributed by atoms with Crippen LogP contribution in [0.3, 0.4) is 0 Å². The van der Waals surface area contributed by atoms with Crippen molar-refractivity contribution < 1.29 is 23.9 Å². The molecule has 1 saturated heterocycles. The number of carbonyl (C=O) groups excluding carboxylic acids is 3. The molecule has 134 valence electrons. The van der Waals surface area contributed by atoms with Crippen LogP contribution in [-0.4, -0.2) is 29.4 Å². The molecule has 5 unspecified atom stereocenters. The number of esters is 2. The SMILES string of the molecule is C/C=C(\C)C(=O)OC1(C)C(=O)OC2C1CC=C(C)C1C(=O)C=CC12C. The van der Waals surface area contributed by atoms with Gasteiger partial charge in [0.15, 0.2) is 5.78 Å². The first-order valence-corrected chi connectivity index (χ1v) is 8.62. The van der Waals surface area contributed by atoms with Gasteiger partial charge in [0.1, 0.15) is 6.10 Å². The van der Waals surface area contributed by atoms with E-state index in [0.717, 1.165) is 5.57 Å². The van der Waals surface area contributed by atoms with Gasteiger partial charge < -0.3 is 9.47 Å². The fourth-order valence-corrected chi connectivity index (χ4v) is 4.34. The lowest BCUT2D eigenvalue weighted by Crippen LogP contribution is -2.46. The van der Waals surface area contributed by atoms with Gasteiger partial charge in [0.2, 0.25) is 5.60 Å². The fourth-order valence-electron chi connectivity index (χ4n) is 4.34. The third-order valence-electron chi connectivity index (χ3n) is 6.05. The van der Waals surface area contributed by atoms with Crippen molar-refractivity contribution in [2.75, 3.05) is 0 Å². The van der Waals surface area contributed by atoms with Crippen molar-refractivity contribution in [1.82, 2.24) is 0 Å². The van der Waals surface area contributed by atoms with Gasteiger partial charge in [0.05, 0.1) is 11.8 Å². The predicted octanol–water partition coefficient (Wildman–Crippen LogP) is 2.91. The minimum Gasteiger partial charge on any atom is -0.458 e. The molecule has 0 radical (unpaired) electrons. The highest BCUT2D eigenvalue weighted by atomic mass is 16.6. The van der Waals surface area contributed by atoms with E-state index in [2.05, 4.69) is 0 Å². The van der Waals surface area contributed by atoms with E-state index in [1.807, 2.05) is 26.0 Å². The molecule has 0 saturated carbocycles. The molecule has 1 aliphatic heterocycles. The summed E-state index contributed by atoms with van der Waals surface area (Å²) in [5, 5.41) is 0. The summed E-state index contributed by atoms with van der Waals surface area (Å²) in [6.45, 7) is 8.89. The quantitative estimate of drug-likeness (QED) is 0.438. The zero-order chi connectivity index (χ0) is 18.6. The van der Waals surface area contributed by atoms with Crippen molar-refractivity contribution >= 4 is 17.7 Å². The van der Waals surface area contributed by atoms with E-state index >= 15 is 0 Å². The van der Waals surface area contributed by atoms with Crippen LogP contribution in [-0.2, 0) is 23.9 Å². The van der Waals surface area contributed by atoms with Crippen molar-refractivity contribution in [3.8, 4) is 0 Å². The first kappa shape index (κ1) is 17.6. The van der Waals surface area contributed by atoms with Gasteiger partial charge in [0, 0.05) is 11.0 Å². The molecule has 0 aromatic rings. The summed E-state index contributed by atoms with van der Waals surface area (Å²) in [7, 11) is 0. The third-order valence-corrected chi connectivity index (χ3v) is 6.05. The maximum atomic E-state index is 12.7. The lowest BCUT2D eigenvalue weighted by molar-refractivity contribution is -0.171. The van der Waals surface area contributed by atoms with Gasteiger partial charge in [-0.3, -0.25) is 4.79 Å². The Kier molecular flexibility index (Phi) is 4.01. The fraction of sp³-hybridized carbons (Fsp3) is 0.550. The standard InChI is InChI=1S/C20H24O5/c1-6-11(2)17(22)25-20(5)13-8-7-12(3)15-14(21)9-10-19(15,4)16(13)24-18(20)23/h6-7,9-10,13,15-16H,8H2,1-5H3/b11-6+. The molecule has 2 aliphatic carbocycles. The van der Waals surface area contributed by atoms with E-state index in [1.54, 1.807) is 32.9 Å². The van der Waals surface area contributed by atoms with Crippen molar-refractivity contribution in [2.24, 2.45) is 17.3 Å². The van der Waals surface area contributed by atoms with E-state index in [0.29, 0.717) is 12.0 Å². The van der Waals surface area contributed by atoms with Crippen molar-refractivity contribution in [2.45, 2.75) is 52.7 Å². The number of hydrogen-bond acceptors (Lipinski definition) is 5. The van der Waals surface area contributed by atoms with Gasteiger partial charge in [-0.15, -0.1) is 0 Å². The molecule has 0 N–H and O–H groups in total. The van der Waals surface area contributed by atoms with E-state index in [-0.39, 0.29) is 17.6 Å². The number of allylic oxidation sites excluding steroid dienone is 4. The second-order valence-electron chi connectivity index (χ2n) is 7.62. The maximum absolute atomic E-state index is 12.7. The number of ketones is 1. The largest absolute Gasteiger partial charge is 0.458 e. The number of carbonyl (C=O) groups is 3. The average molecular weight is 344 g/mol. The van der Waals surface area contributed by atoms with Crippen LogP contribution in [0.1, 0.15) is 41.0 Å². The van der Waals surface area contributed by atoms with E-state index in [1.165, 1.54) is 0 Å². The number of fused-ring (bicyclic) bond motifs is 3. The second kappa shape index (κ2) is 5.68. The van der Waals surface area contributed by atoms with Gasteiger partial charge in [-0.1, -0.05) is 30.7 Å². The molecule has 0 aromatic carbocycles. The summed E-state index contributed by atoms with van der Waals surface area (Å²) in [4.78, 5) is 37.3. The summed E-state index contributed by atoms with van der Waals surface area (Å²) in [6, 6.07) is 0. The average Bonchev–Trinajstić information content (AvgIpc) is 2.96. The lowest BCUT2D eigenvalue weighted by Gasteiger charge is -2.36. The summed E-state index contributed by atoms with van der Waals surface area (Å²) < 4.78 is 11.3. The summed E-state index contributed by atoms with van der Waals surface area (Å²) in [5.74, 6) is -1.70. The molecular formula is C20H24O5. The van der Waals surface area contributed by atoms with E-state index in [4.69, 9.17) is 9.47 Å². The van der Waals surface area contributed by atoms with Gasteiger partial charge in [-0.2, -0.15) is 0 Å². The zero-order valence-electron chi connectivity index (χ0n) is 15.3. The number of ether oxygens (including phenoxy) is 2. The van der Waals surface area contributed by atoms with Crippen LogP contribution in [0.25, 0.3) is 0 Å². The molecule has 3 aliphatic rings. The minimum atomic E-state index is -1.36. The van der Waals surface area contributed by atoms with Crippen LogP contribution >= 0.6 is 0 Å². The molecular weight excluding hydrogens is 320 g/mol. The zero-order valence-corrected chi connectivity index (χ0v) is 15.3. The topological polar surface area (TPSA) is 69.7 Å². The Morgan fingerprint density at radius 1 is 1.36 bits per heavy atom. The van der Waals surface area contributed by atoms with Crippen LogP contribution in [0.5, 0.6) is 0 Å². The van der Waals surface area contributed by atoms with E-state index < -0.39 is 29.1 Å². The Balaban J connectivity index is 2.02. The molecule has 0 amide bonds. The van der Waals surface area contributed by atoms with Crippen LogP contribution in [0, 0.1) is 17.3 Å². The predicted molar refractivity (Wildman–Crippen MR) is 91.4 cm³/mol. The summed E-state index contributed by atoms with van der Waals surface area (Å²) in [6.07, 6.45) is 7.06. The second-order valence-corrected chi connectivity index (χ2v) is 7.62.